The minimum Gasteiger partial charge on any atom is -0.367 e. The van der Waals surface area contributed by atoms with Crippen molar-refractivity contribution in [1.29, 1.82) is 0 Å². The molecule has 1 unspecified atom stereocenters. The van der Waals surface area contributed by atoms with Gasteiger partial charge in [0.15, 0.2) is 6.29 Å². The number of phosphoric ester groups is 1. The van der Waals surface area contributed by atoms with E-state index in [1.807, 2.05) is 0 Å². The molecule has 0 aliphatic carbocycles. The largest absolute Gasteiger partial charge is 0.471 e. The number of halogens is 3. The van der Waals surface area contributed by atoms with Crippen molar-refractivity contribution in [2.75, 3.05) is 0 Å². The quantitative estimate of drug-likeness (QED) is 0.462. The van der Waals surface area contributed by atoms with Gasteiger partial charge in [-0.1, -0.05) is 0 Å². The predicted molar refractivity (Wildman–Crippen MR) is 29.8 cm³/mol. The minimum absolute atomic E-state index is 1.82. The fourth-order valence-corrected chi connectivity index (χ4v) is 0.785. The van der Waals surface area contributed by atoms with Gasteiger partial charge in [-0.15, -0.1) is 0 Å². The first-order valence-corrected chi connectivity index (χ1v) is 4.12. The second-order valence-electron chi connectivity index (χ2n) is 1.87. The molecule has 0 fully saturated rings. The Hall–Kier alpha value is -0.140. The summed E-state index contributed by atoms with van der Waals surface area (Å²) < 4.78 is 47.4. The first kappa shape index (κ1) is 11.9. The van der Waals surface area contributed by atoms with Crippen LogP contribution in [0.1, 0.15) is 6.42 Å². The van der Waals surface area contributed by atoms with Crippen LogP contribution in [-0.4, -0.2) is 27.4 Å². The molecule has 0 saturated heterocycles. The Labute approximate surface area is 65.0 Å². The Kier molecular flexibility index (Phi) is 3.67. The van der Waals surface area contributed by atoms with Gasteiger partial charge in [0.05, 0.1) is 6.42 Å². The van der Waals surface area contributed by atoms with Crippen LogP contribution in [-0.2, 0) is 9.09 Å². The Morgan fingerprint density at radius 2 is 1.83 bits per heavy atom. The van der Waals surface area contributed by atoms with Gasteiger partial charge in [-0.25, -0.2) is 4.57 Å². The van der Waals surface area contributed by atoms with E-state index < -0.39 is 26.7 Å². The van der Waals surface area contributed by atoms with Crippen LogP contribution in [0, 0.1) is 0 Å². The van der Waals surface area contributed by atoms with Crippen LogP contribution >= 0.6 is 7.82 Å². The summed E-state index contributed by atoms with van der Waals surface area (Å²) in [5.41, 5.74) is 0. The third kappa shape index (κ3) is 7.96. The lowest BCUT2D eigenvalue weighted by molar-refractivity contribution is -0.184. The van der Waals surface area contributed by atoms with Crippen molar-refractivity contribution in [2.45, 2.75) is 18.9 Å². The molecule has 0 aromatic rings. The molecule has 0 aliphatic heterocycles. The van der Waals surface area contributed by atoms with E-state index in [9.17, 15) is 17.7 Å². The van der Waals surface area contributed by atoms with Gasteiger partial charge in [0.25, 0.3) is 0 Å². The third-order valence-corrected chi connectivity index (χ3v) is 1.18. The molecular weight excluding hydrogens is 204 g/mol. The molecule has 0 bridgehead atoms. The van der Waals surface area contributed by atoms with Crippen LogP contribution in [0.25, 0.3) is 0 Å². The normalized spacial score (nSPS) is 16.2. The fraction of sp³-hybridized carbons (Fsp3) is 1.00. The van der Waals surface area contributed by atoms with Gasteiger partial charge < -0.3 is 14.9 Å². The van der Waals surface area contributed by atoms with E-state index in [4.69, 9.17) is 14.9 Å². The molecule has 3 N–H and O–H groups in total. The summed E-state index contributed by atoms with van der Waals surface area (Å²) >= 11 is 0. The van der Waals surface area contributed by atoms with Crippen LogP contribution < -0.4 is 0 Å². The molecular formula is C3H6F3O5P. The molecule has 9 heteroatoms. The van der Waals surface area contributed by atoms with Crippen molar-refractivity contribution in [1.82, 2.24) is 0 Å². The molecule has 5 nitrogen and oxygen atoms in total. The molecule has 0 saturated carbocycles. The zero-order chi connectivity index (χ0) is 9.99. The molecule has 0 heterocycles. The average molecular weight is 210 g/mol. The first-order valence-electron chi connectivity index (χ1n) is 2.59. The monoisotopic (exact) mass is 210 g/mol. The SMILES string of the molecule is O=P(O)(O)OC(O)CC(F)(F)F. The molecule has 0 aromatic carbocycles. The number of alkyl halides is 3. The standard InChI is InChI=1S/C3H6F3O5P/c4-3(5,6)1-2(7)11-12(8,9)10/h2,7H,1H2,(H2,8,9,10). The van der Waals surface area contributed by atoms with Gasteiger partial charge >= 0.3 is 14.0 Å². The van der Waals surface area contributed by atoms with E-state index in [1.165, 1.54) is 0 Å². The molecule has 0 radical (unpaired) electrons. The molecule has 1 atom stereocenters. The van der Waals surface area contributed by atoms with Crippen LogP contribution in [0.2, 0.25) is 0 Å². The van der Waals surface area contributed by atoms with E-state index >= 15 is 0 Å². The van der Waals surface area contributed by atoms with Crippen molar-refractivity contribution >= 4 is 7.82 Å². The summed E-state index contributed by atoms with van der Waals surface area (Å²) in [6.07, 6.45) is -9.09. The van der Waals surface area contributed by atoms with Crippen molar-refractivity contribution in [3.63, 3.8) is 0 Å². The number of hydrogen-bond donors (Lipinski definition) is 3. The zero-order valence-electron chi connectivity index (χ0n) is 5.52. The van der Waals surface area contributed by atoms with E-state index in [2.05, 4.69) is 4.52 Å². The fourth-order valence-electron chi connectivity index (χ4n) is 0.394. The summed E-state index contributed by atoms with van der Waals surface area (Å²) in [4.78, 5) is 15.9. The van der Waals surface area contributed by atoms with Gasteiger partial charge in [-0.2, -0.15) is 13.2 Å². The smallest absolute Gasteiger partial charge is 0.367 e. The second kappa shape index (κ2) is 3.71. The number of rotatable bonds is 3. The lowest BCUT2D eigenvalue weighted by atomic mass is 10.4. The van der Waals surface area contributed by atoms with E-state index in [-0.39, 0.29) is 0 Å². The first-order chi connectivity index (χ1) is 5.10. The number of hydrogen-bond acceptors (Lipinski definition) is 3. The van der Waals surface area contributed by atoms with Crippen LogP contribution in [0.3, 0.4) is 0 Å². The van der Waals surface area contributed by atoms with E-state index in [1.54, 1.807) is 0 Å². The Bertz CT molecular complexity index is 185. The van der Waals surface area contributed by atoms with Crippen LogP contribution in [0.5, 0.6) is 0 Å². The average Bonchev–Trinajstić information content (AvgIpc) is 1.49. The van der Waals surface area contributed by atoms with E-state index in [0.717, 1.165) is 0 Å². The molecule has 0 aromatic heterocycles. The Morgan fingerprint density at radius 1 is 1.42 bits per heavy atom. The van der Waals surface area contributed by atoms with Crippen LogP contribution in [0.4, 0.5) is 13.2 Å². The van der Waals surface area contributed by atoms with Crippen molar-refractivity contribution in [3.05, 3.63) is 0 Å². The highest BCUT2D eigenvalue weighted by molar-refractivity contribution is 7.46. The summed E-state index contributed by atoms with van der Waals surface area (Å²) in [5, 5.41) is 8.29. The highest BCUT2D eigenvalue weighted by Crippen LogP contribution is 2.39. The lowest BCUT2D eigenvalue weighted by Crippen LogP contribution is -2.20. The van der Waals surface area contributed by atoms with Crippen molar-refractivity contribution in [3.8, 4) is 0 Å². The molecule has 74 valence electrons. The highest BCUT2D eigenvalue weighted by Gasteiger charge is 2.34. The van der Waals surface area contributed by atoms with Gasteiger partial charge in [-0.05, 0) is 0 Å². The maximum atomic E-state index is 11.4. The maximum Gasteiger partial charge on any atom is 0.471 e. The third-order valence-electron chi connectivity index (χ3n) is 0.665. The minimum atomic E-state index is -5.06. The summed E-state index contributed by atoms with van der Waals surface area (Å²) in [6, 6.07) is 0. The van der Waals surface area contributed by atoms with Gasteiger partial charge in [-0.3, -0.25) is 4.52 Å². The van der Waals surface area contributed by atoms with Gasteiger partial charge in [0.2, 0.25) is 0 Å². The van der Waals surface area contributed by atoms with E-state index in [0.29, 0.717) is 0 Å². The lowest BCUT2D eigenvalue weighted by Gasteiger charge is -2.13. The molecule has 0 rings (SSSR count). The molecule has 0 spiro atoms. The molecule has 0 amide bonds. The predicted octanol–water partition coefficient (Wildman–Crippen LogP) is 0.366. The number of aliphatic hydroxyl groups excluding tert-OH is 1. The topological polar surface area (TPSA) is 87.0 Å². The maximum absolute atomic E-state index is 11.4. The Balaban J connectivity index is 3.91. The number of phosphoric acid groups is 1. The number of aliphatic hydroxyl groups is 1. The zero-order valence-corrected chi connectivity index (χ0v) is 6.42. The van der Waals surface area contributed by atoms with Crippen molar-refractivity contribution in [2.24, 2.45) is 0 Å². The molecule has 12 heavy (non-hydrogen) atoms. The van der Waals surface area contributed by atoms with Gasteiger partial charge in [0.1, 0.15) is 0 Å². The summed E-state index contributed by atoms with van der Waals surface area (Å²) in [5.74, 6) is 0. The van der Waals surface area contributed by atoms with Crippen LogP contribution in [0.15, 0.2) is 0 Å². The highest BCUT2D eigenvalue weighted by atomic mass is 31.2. The van der Waals surface area contributed by atoms with Crippen molar-refractivity contribution < 1.29 is 37.2 Å². The Morgan fingerprint density at radius 3 is 2.08 bits per heavy atom. The van der Waals surface area contributed by atoms with Gasteiger partial charge in [0, 0.05) is 0 Å². The second-order valence-corrected chi connectivity index (χ2v) is 3.06. The molecule has 0 aliphatic rings. The summed E-state index contributed by atoms with van der Waals surface area (Å²) in [6.45, 7) is 0. The summed E-state index contributed by atoms with van der Waals surface area (Å²) in [7, 11) is -5.06.